The van der Waals surface area contributed by atoms with Crippen LogP contribution in [0.5, 0.6) is 0 Å². The summed E-state index contributed by atoms with van der Waals surface area (Å²) in [5, 5.41) is 11.0. The first-order chi connectivity index (χ1) is 14.4. The van der Waals surface area contributed by atoms with Gasteiger partial charge in [0.25, 0.3) is 0 Å². The summed E-state index contributed by atoms with van der Waals surface area (Å²) in [6, 6.07) is 5.47. The van der Waals surface area contributed by atoms with E-state index in [4.69, 9.17) is 37.9 Å². The van der Waals surface area contributed by atoms with E-state index >= 15 is 0 Å². The molecule has 1 saturated carbocycles. The molecule has 1 aliphatic heterocycles. The molecule has 2 aromatic rings. The highest BCUT2D eigenvalue weighted by molar-refractivity contribution is 6.43. The van der Waals surface area contributed by atoms with E-state index in [-0.39, 0.29) is 6.61 Å². The van der Waals surface area contributed by atoms with Crippen molar-refractivity contribution < 1.29 is 9.84 Å². The number of anilines is 1. The van der Waals surface area contributed by atoms with Gasteiger partial charge in [0.15, 0.2) is 5.82 Å². The van der Waals surface area contributed by atoms with Gasteiger partial charge in [-0.15, -0.1) is 0 Å². The highest BCUT2D eigenvalue weighted by Gasteiger charge is 2.46. The van der Waals surface area contributed by atoms with Crippen LogP contribution in [0.4, 0.5) is 5.82 Å². The van der Waals surface area contributed by atoms with Crippen LogP contribution in [0.1, 0.15) is 44.0 Å². The molecule has 7 heteroatoms. The second-order valence-electron chi connectivity index (χ2n) is 8.74. The van der Waals surface area contributed by atoms with Gasteiger partial charge < -0.3 is 14.7 Å². The summed E-state index contributed by atoms with van der Waals surface area (Å²) in [6.07, 6.45) is 4.89. The number of aryl methyl sites for hydroxylation is 1. The molecule has 1 N–H and O–H groups in total. The second kappa shape index (κ2) is 8.62. The number of halogens is 2. The molecule has 1 aromatic carbocycles. The van der Waals surface area contributed by atoms with Gasteiger partial charge in [-0.3, -0.25) is 0 Å². The van der Waals surface area contributed by atoms with Crippen molar-refractivity contribution in [3.8, 4) is 11.3 Å². The fraction of sp³-hybridized carbons (Fsp3) is 0.565. The van der Waals surface area contributed by atoms with E-state index in [1.807, 2.05) is 26.2 Å². The van der Waals surface area contributed by atoms with Crippen molar-refractivity contribution in [2.45, 2.75) is 52.2 Å². The molecule has 1 unspecified atom stereocenters. The lowest BCUT2D eigenvalue weighted by molar-refractivity contribution is 0.0881. The van der Waals surface area contributed by atoms with Crippen LogP contribution >= 0.6 is 23.2 Å². The first kappa shape index (κ1) is 21.8. The Hall–Kier alpha value is -1.40. The Morgan fingerprint density at radius 3 is 2.60 bits per heavy atom. The van der Waals surface area contributed by atoms with Crippen LogP contribution in [0.3, 0.4) is 0 Å². The van der Waals surface area contributed by atoms with E-state index in [0.29, 0.717) is 38.9 Å². The molecular formula is C23H29Cl2N3O2. The van der Waals surface area contributed by atoms with Crippen molar-refractivity contribution in [1.29, 1.82) is 0 Å². The highest BCUT2D eigenvalue weighted by atomic mass is 35.5. The van der Waals surface area contributed by atoms with Crippen molar-refractivity contribution in [1.82, 2.24) is 9.97 Å². The Kier molecular flexibility index (Phi) is 6.27. The number of hydrogen-bond donors (Lipinski definition) is 1. The zero-order valence-electron chi connectivity index (χ0n) is 17.8. The van der Waals surface area contributed by atoms with Crippen LogP contribution in [-0.4, -0.2) is 41.4 Å². The predicted octanol–water partition coefficient (Wildman–Crippen LogP) is 5.28. The van der Waals surface area contributed by atoms with Gasteiger partial charge in [-0.1, -0.05) is 42.3 Å². The predicted molar refractivity (Wildman–Crippen MR) is 121 cm³/mol. The number of aliphatic hydroxyl groups excluding tert-OH is 1. The summed E-state index contributed by atoms with van der Waals surface area (Å²) >= 11 is 12.6. The molecule has 2 atom stereocenters. The number of aromatic nitrogens is 2. The number of nitrogens with zero attached hydrogens (tertiary/aromatic N) is 3. The third-order valence-corrected chi connectivity index (χ3v) is 7.98. The average molecular weight is 450 g/mol. The molecule has 1 aliphatic carbocycles. The molecule has 2 heterocycles. The quantitative estimate of drug-likeness (QED) is 0.687. The lowest BCUT2D eigenvalue weighted by atomic mass is 9.71. The monoisotopic (exact) mass is 449 g/mol. The summed E-state index contributed by atoms with van der Waals surface area (Å²) in [4.78, 5) is 11.9. The number of rotatable bonds is 4. The molecule has 2 aliphatic rings. The number of methoxy groups -OCH3 is 1. The molecule has 1 saturated heterocycles. The lowest BCUT2D eigenvalue weighted by Crippen LogP contribution is -2.42. The molecule has 5 nitrogen and oxygen atoms in total. The molecule has 2 fully saturated rings. The largest absolute Gasteiger partial charge is 0.390 e. The number of benzene rings is 1. The van der Waals surface area contributed by atoms with E-state index in [0.717, 1.165) is 55.8 Å². The molecule has 30 heavy (non-hydrogen) atoms. The highest BCUT2D eigenvalue weighted by Crippen LogP contribution is 2.51. The van der Waals surface area contributed by atoms with Crippen molar-refractivity contribution in [2.75, 3.05) is 25.1 Å². The van der Waals surface area contributed by atoms with E-state index in [2.05, 4.69) is 11.8 Å². The van der Waals surface area contributed by atoms with Crippen LogP contribution in [0.2, 0.25) is 10.0 Å². The Bertz CT molecular complexity index is 929. The number of aliphatic hydroxyl groups is 1. The summed E-state index contributed by atoms with van der Waals surface area (Å²) in [7, 11) is 1.82. The standard InChI is InChI=1S/C23H29Cl2N3O2/c1-14-11-16(30-3)12-23(14)7-9-28(10-8-23)22-19(13-29)27-21(15(2)26-22)17-5-4-6-18(24)20(17)25/h4-6,14,16,29H,7-13H2,1-3H3/t14-,16?/m1/s1. The lowest BCUT2D eigenvalue weighted by Gasteiger charge is -2.43. The third kappa shape index (κ3) is 3.81. The maximum Gasteiger partial charge on any atom is 0.153 e. The maximum atomic E-state index is 10.0. The van der Waals surface area contributed by atoms with Gasteiger partial charge in [0.2, 0.25) is 0 Å². The topological polar surface area (TPSA) is 58.5 Å². The molecular weight excluding hydrogens is 421 g/mol. The Morgan fingerprint density at radius 1 is 1.23 bits per heavy atom. The Balaban J connectivity index is 1.60. The molecule has 0 amide bonds. The molecule has 0 bridgehead atoms. The minimum absolute atomic E-state index is 0.169. The van der Waals surface area contributed by atoms with Crippen molar-refractivity contribution in [2.24, 2.45) is 11.3 Å². The minimum atomic E-state index is -0.169. The minimum Gasteiger partial charge on any atom is -0.390 e. The summed E-state index contributed by atoms with van der Waals surface area (Å²) in [6.45, 7) is 5.95. The van der Waals surface area contributed by atoms with Crippen molar-refractivity contribution in [3.05, 3.63) is 39.6 Å². The molecule has 1 aromatic heterocycles. The van der Waals surface area contributed by atoms with E-state index in [1.165, 1.54) is 0 Å². The van der Waals surface area contributed by atoms with Crippen LogP contribution < -0.4 is 4.90 Å². The van der Waals surface area contributed by atoms with Crippen LogP contribution in [-0.2, 0) is 11.3 Å². The average Bonchev–Trinajstić information content (AvgIpc) is 3.06. The number of hydrogen-bond acceptors (Lipinski definition) is 5. The van der Waals surface area contributed by atoms with Gasteiger partial charge in [-0.25, -0.2) is 9.97 Å². The number of ether oxygens (including phenoxy) is 1. The zero-order valence-corrected chi connectivity index (χ0v) is 19.3. The maximum absolute atomic E-state index is 10.0. The van der Waals surface area contributed by atoms with Gasteiger partial charge in [0.05, 0.1) is 34.1 Å². The van der Waals surface area contributed by atoms with Crippen molar-refractivity contribution >= 4 is 29.0 Å². The van der Waals surface area contributed by atoms with Crippen LogP contribution in [0.25, 0.3) is 11.3 Å². The first-order valence-electron chi connectivity index (χ1n) is 10.6. The third-order valence-electron chi connectivity index (χ3n) is 7.17. The van der Waals surface area contributed by atoms with Gasteiger partial charge >= 0.3 is 0 Å². The van der Waals surface area contributed by atoms with E-state index < -0.39 is 0 Å². The van der Waals surface area contributed by atoms with Crippen LogP contribution in [0, 0.1) is 18.3 Å². The Labute approximate surface area is 188 Å². The fourth-order valence-electron chi connectivity index (χ4n) is 5.27. The molecule has 162 valence electrons. The van der Waals surface area contributed by atoms with E-state index in [9.17, 15) is 5.11 Å². The SMILES string of the molecule is COC1C[C@@H](C)C2(CCN(c3nc(C)c(-c4cccc(Cl)c4Cl)nc3CO)CC2)C1. The second-order valence-corrected chi connectivity index (χ2v) is 9.52. The summed E-state index contributed by atoms with van der Waals surface area (Å²) < 4.78 is 5.66. The first-order valence-corrected chi connectivity index (χ1v) is 11.3. The van der Waals surface area contributed by atoms with E-state index in [1.54, 1.807) is 6.07 Å². The Morgan fingerprint density at radius 2 is 1.97 bits per heavy atom. The smallest absolute Gasteiger partial charge is 0.153 e. The van der Waals surface area contributed by atoms with Crippen molar-refractivity contribution in [3.63, 3.8) is 0 Å². The van der Waals surface area contributed by atoms with Gasteiger partial charge in [0, 0.05) is 25.8 Å². The molecule has 4 rings (SSSR count). The van der Waals surface area contributed by atoms with Gasteiger partial charge in [-0.05, 0) is 50.0 Å². The van der Waals surface area contributed by atoms with Crippen LogP contribution in [0.15, 0.2) is 18.2 Å². The normalized spacial score (nSPS) is 23.3. The summed E-state index contributed by atoms with van der Waals surface area (Å²) in [5.41, 5.74) is 3.11. The molecule has 0 radical (unpaired) electrons. The summed E-state index contributed by atoms with van der Waals surface area (Å²) in [5.74, 6) is 1.45. The number of piperidine rings is 1. The van der Waals surface area contributed by atoms with Gasteiger partial charge in [-0.2, -0.15) is 0 Å². The molecule has 1 spiro atoms. The fourth-order valence-corrected chi connectivity index (χ4v) is 5.66. The zero-order chi connectivity index (χ0) is 21.5. The van der Waals surface area contributed by atoms with Gasteiger partial charge in [0.1, 0.15) is 5.69 Å².